The van der Waals surface area contributed by atoms with E-state index in [2.05, 4.69) is 4.52 Å². The predicted molar refractivity (Wildman–Crippen MR) is 96.8 cm³/mol. The first-order chi connectivity index (χ1) is 13.2. The summed E-state index contributed by atoms with van der Waals surface area (Å²) >= 11 is 0. The van der Waals surface area contributed by atoms with Crippen molar-refractivity contribution in [3.63, 3.8) is 0 Å². The summed E-state index contributed by atoms with van der Waals surface area (Å²) in [6, 6.07) is 0. The van der Waals surface area contributed by atoms with Crippen LogP contribution in [0.1, 0.15) is 19.8 Å². The first kappa shape index (κ1) is 26.4. The molecule has 0 bridgehead atoms. The third-order valence-corrected chi connectivity index (χ3v) is 5.12. The molecule has 2 heterocycles. The Kier molecular flexibility index (Phi) is 13.6. The summed E-state index contributed by atoms with van der Waals surface area (Å²) in [6.07, 6.45) is -3.45. The van der Waals surface area contributed by atoms with Crippen LogP contribution in [0, 0.1) is 0 Å². The van der Waals surface area contributed by atoms with E-state index in [1.54, 1.807) is 6.92 Å². The smallest absolute Gasteiger partial charge is 0.329 e. The fourth-order valence-corrected chi connectivity index (χ4v) is 3.25. The SMILES string of the molecule is CCOP(O)OCC1CC(O)C(O)CO1.OC1COC(COP(O)O)CC1O. The molecule has 0 radical (unpaired) electrons. The topological polar surface area (TPSA) is 188 Å². The van der Waals surface area contributed by atoms with Gasteiger partial charge in [0.25, 0.3) is 0 Å². The molecule has 0 saturated carbocycles. The Morgan fingerprint density at radius 1 is 0.750 bits per heavy atom. The molecule has 7 atom stereocenters. The van der Waals surface area contributed by atoms with Gasteiger partial charge in [0.2, 0.25) is 0 Å². The van der Waals surface area contributed by atoms with Crippen LogP contribution in [0.3, 0.4) is 0 Å². The molecule has 2 rings (SSSR count). The van der Waals surface area contributed by atoms with Crippen LogP contribution in [0.25, 0.3) is 0 Å². The van der Waals surface area contributed by atoms with Gasteiger partial charge < -0.3 is 58.2 Å². The van der Waals surface area contributed by atoms with Crippen LogP contribution in [-0.2, 0) is 23.0 Å². The molecule has 14 heteroatoms. The van der Waals surface area contributed by atoms with Gasteiger partial charge in [0.1, 0.15) is 12.2 Å². The van der Waals surface area contributed by atoms with Gasteiger partial charge in [-0.15, -0.1) is 0 Å². The molecule has 0 spiro atoms. The molecule has 2 fully saturated rings. The van der Waals surface area contributed by atoms with Crippen LogP contribution < -0.4 is 0 Å². The standard InChI is InChI=1S/C8H17O6P.C6H13O6P/c1-2-13-15(11)14-4-6-3-7(9)8(10)5-12-6;7-5-1-4(2-12-13(9)10)11-3-6(5)8/h6-11H,2-5H2,1H3;4-10H,1-3H2. The van der Waals surface area contributed by atoms with Gasteiger partial charge >= 0.3 is 17.2 Å². The Morgan fingerprint density at radius 2 is 1.21 bits per heavy atom. The van der Waals surface area contributed by atoms with Gasteiger partial charge in [-0.2, -0.15) is 0 Å². The molecule has 2 aliphatic heterocycles. The number of hydrogen-bond acceptors (Lipinski definition) is 12. The molecule has 0 aromatic rings. The summed E-state index contributed by atoms with van der Waals surface area (Å²) in [5.41, 5.74) is 0. The lowest BCUT2D eigenvalue weighted by Crippen LogP contribution is -2.42. The van der Waals surface area contributed by atoms with E-state index in [4.69, 9.17) is 38.3 Å². The summed E-state index contributed by atoms with van der Waals surface area (Å²) in [7, 11) is -4.23. The average Bonchev–Trinajstić information content (AvgIpc) is 2.64. The van der Waals surface area contributed by atoms with E-state index in [-0.39, 0.29) is 45.1 Å². The van der Waals surface area contributed by atoms with E-state index in [0.717, 1.165) is 0 Å². The number of ether oxygens (including phenoxy) is 2. The van der Waals surface area contributed by atoms with Crippen molar-refractivity contribution in [2.24, 2.45) is 0 Å². The number of aliphatic hydroxyl groups excluding tert-OH is 4. The van der Waals surface area contributed by atoms with Crippen molar-refractivity contribution in [2.75, 3.05) is 33.0 Å². The van der Waals surface area contributed by atoms with Crippen molar-refractivity contribution in [1.29, 1.82) is 0 Å². The van der Waals surface area contributed by atoms with Crippen LogP contribution in [0.2, 0.25) is 0 Å². The van der Waals surface area contributed by atoms with Crippen molar-refractivity contribution in [2.45, 2.75) is 56.4 Å². The minimum absolute atomic E-state index is 0.0164. The monoisotopic (exact) mass is 452 g/mol. The first-order valence-corrected chi connectivity index (χ1v) is 11.0. The predicted octanol–water partition coefficient (Wildman–Crippen LogP) is -1.51. The number of rotatable bonds is 8. The van der Waals surface area contributed by atoms with Gasteiger partial charge in [0, 0.05) is 12.8 Å². The molecule has 0 amide bonds. The molecule has 0 aromatic carbocycles. The van der Waals surface area contributed by atoms with Crippen LogP contribution in [0.4, 0.5) is 0 Å². The van der Waals surface area contributed by atoms with Gasteiger partial charge in [0.05, 0.1) is 57.5 Å². The third kappa shape index (κ3) is 11.0. The Balaban J connectivity index is 0.000000283. The highest BCUT2D eigenvalue weighted by Gasteiger charge is 2.29. The summed E-state index contributed by atoms with van der Waals surface area (Å²) in [4.78, 5) is 26.0. The van der Waals surface area contributed by atoms with Crippen LogP contribution in [0.5, 0.6) is 0 Å². The maximum absolute atomic E-state index is 9.34. The van der Waals surface area contributed by atoms with Crippen molar-refractivity contribution >= 4 is 17.2 Å². The Morgan fingerprint density at radius 3 is 1.61 bits per heavy atom. The average molecular weight is 452 g/mol. The third-order valence-electron chi connectivity index (χ3n) is 3.89. The van der Waals surface area contributed by atoms with Crippen molar-refractivity contribution in [1.82, 2.24) is 0 Å². The van der Waals surface area contributed by atoms with Crippen molar-refractivity contribution in [3.8, 4) is 0 Å². The fraction of sp³-hybridized carbons (Fsp3) is 1.00. The second kappa shape index (κ2) is 14.4. The second-order valence-electron chi connectivity index (χ2n) is 6.15. The molecule has 28 heavy (non-hydrogen) atoms. The van der Waals surface area contributed by atoms with E-state index < -0.39 is 41.6 Å². The van der Waals surface area contributed by atoms with E-state index in [1.165, 1.54) is 0 Å². The summed E-state index contributed by atoms with van der Waals surface area (Å²) < 4.78 is 24.6. The lowest BCUT2D eigenvalue weighted by Gasteiger charge is -2.30. The molecule has 7 N–H and O–H groups in total. The molecule has 12 nitrogen and oxygen atoms in total. The molecular weight excluding hydrogens is 422 g/mol. The second-order valence-corrected chi connectivity index (χ2v) is 7.91. The maximum atomic E-state index is 9.34. The largest absolute Gasteiger partial charge is 0.390 e. The van der Waals surface area contributed by atoms with Gasteiger partial charge in [-0.05, 0) is 6.92 Å². The van der Waals surface area contributed by atoms with Crippen LogP contribution in [-0.4, -0.2) is 105 Å². The highest BCUT2D eigenvalue weighted by atomic mass is 31.2. The molecule has 2 saturated heterocycles. The zero-order valence-electron chi connectivity index (χ0n) is 15.5. The lowest BCUT2D eigenvalue weighted by molar-refractivity contribution is -0.129. The van der Waals surface area contributed by atoms with E-state index in [9.17, 15) is 15.3 Å². The Bertz CT molecular complexity index is 407. The van der Waals surface area contributed by atoms with Crippen molar-refractivity contribution < 1.29 is 58.2 Å². The molecule has 2 aliphatic rings. The van der Waals surface area contributed by atoms with Gasteiger partial charge in [-0.3, -0.25) is 0 Å². The molecule has 0 aromatic heterocycles. The summed E-state index contributed by atoms with van der Waals surface area (Å²) in [5, 5.41) is 36.8. The van der Waals surface area contributed by atoms with Gasteiger partial charge in [-0.1, -0.05) is 0 Å². The molecule has 0 aliphatic carbocycles. The highest BCUT2D eigenvalue weighted by Crippen LogP contribution is 2.33. The molecule has 168 valence electrons. The van der Waals surface area contributed by atoms with E-state index in [0.29, 0.717) is 13.0 Å². The van der Waals surface area contributed by atoms with Crippen LogP contribution in [0.15, 0.2) is 0 Å². The zero-order chi connectivity index (χ0) is 21.1. The first-order valence-electron chi connectivity index (χ1n) is 8.74. The van der Waals surface area contributed by atoms with Gasteiger partial charge in [-0.25, -0.2) is 0 Å². The van der Waals surface area contributed by atoms with Crippen molar-refractivity contribution in [3.05, 3.63) is 0 Å². The fourth-order valence-electron chi connectivity index (χ4n) is 2.36. The zero-order valence-corrected chi connectivity index (χ0v) is 17.3. The summed E-state index contributed by atoms with van der Waals surface area (Å²) in [6.45, 7) is 2.45. The number of hydrogen-bond donors (Lipinski definition) is 7. The quantitative estimate of drug-likeness (QED) is 0.211. The van der Waals surface area contributed by atoms with Gasteiger partial charge in [0.15, 0.2) is 0 Å². The minimum atomic E-state index is -2.37. The maximum Gasteiger partial charge on any atom is 0.329 e. The van der Waals surface area contributed by atoms with E-state index in [1.807, 2.05) is 0 Å². The van der Waals surface area contributed by atoms with Crippen LogP contribution >= 0.6 is 17.2 Å². The summed E-state index contributed by atoms with van der Waals surface area (Å²) in [5.74, 6) is 0. The van der Waals surface area contributed by atoms with E-state index >= 15 is 0 Å². The number of aliphatic hydroxyl groups is 4. The Hall–Kier alpha value is 0.380. The minimum Gasteiger partial charge on any atom is -0.390 e. The molecule has 7 unspecified atom stereocenters. The Labute approximate surface area is 165 Å². The highest BCUT2D eigenvalue weighted by molar-refractivity contribution is 7.40. The lowest BCUT2D eigenvalue weighted by atomic mass is 10.0. The molecular formula is C14H30O12P2. The normalized spacial score (nSPS) is 34.6.